The average molecular weight is 295 g/mol. The van der Waals surface area contributed by atoms with Crippen molar-refractivity contribution < 1.29 is 9.90 Å². The lowest BCUT2D eigenvalue weighted by molar-refractivity contribution is 0.144. The molecule has 5 heteroatoms. The van der Waals surface area contributed by atoms with Crippen LogP contribution >= 0.6 is 11.6 Å². The van der Waals surface area contributed by atoms with E-state index in [1.807, 2.05) is 6.07 Å². The molecule has 4 nitrogen and oxygen atoms in total. The van der Waals surface area contributed by atoms with E-state index in [4.69, 9.17) is 11.6 Å². The van der Waals surface area contributed by atoms with Gasteiger partial charge in [-0.25, -0.2) is 4.79 Å². The first kappa shape index (κ1) is 13.6. The Kier molecular flexibility index (Phi) is 3.28. The number of nitrogens with zero attached hydrogens (tertiary/aromatic N) is 2. The maximum atomic E-state index is 11.3. The van der Waals surface area contributed by atoms with E-state index in [0.717, 1.165) is 23.7 Å². The van der Waals surface area contributed by atoms with E-state index < -0.39 is 6.09 Å². The summed E-state index contributed by atoms with van der Waals surface area (Å²) in [5, 5.41) is 10.1. The first-order valence-electron chi connectivity index (χ1n) is 7.04. The van der Waals surface area contributed by atoms with E-state index in [1.165, 1.54) is 16.0 Å². The fourth-order valence-corrected chi connectivity index (χ4v) is 3.69. The number of benzene rings is 1. The van der Waals surface area contributed by atoms with Gasteiger partial charge in [0.15, 0.2) is 0 Å². The van der Waals surface area contributed by atoms with Gasteiger partial charge in [-0.05, 0) is 37.5 Å². The maximum absolute atomic E-state index is 11.3. The molecule has 0 aromatic heterocycles. The molecule has 0 spiro atoms. The van der Waals surface area contributed by atoms with Gasteiger partial charge in [-0.1, -0.05) is 17.7 Å². The Labute approximate surface area is 123 Å². The van der Waals surface area contributed by atoms with Gasteiger partial charge in [-0.3, -0.25) is 0 Å². The van der Waals surface area contributed by atoms with Gasteiger partial charge in [-0.2, -0.15) is 0 Å². The van der Waals surface area contributed by atoms with Crippen molar-refractivity contribution in [3.8, 4) is 0 Å². The summed E-state index contributed by atoms with van der Waals surface area (Å²) in [6.07, 6.45) is -0.0534. The molecule has 3 rings (SSSR count). The predicted octanol–water partition coefficient (Wildman–Crippen LogP) is 3.19. The van der Waals surface area contributed by atoms with Crippen molar-refractivity contribution in [1.29, 1.82) is 0 Å². The molecule has 108 valence electrons. The van der Waals surface area contributed by atoms with Gasteiger partial charge in [0, 0.05) is 31.6 Å². The first-order chi connectivity index (χ1) is 9.49. The molecule has 0 saturated heterocycles. The Morgan fingerprint density at radius 3 is 2.80 bits per heavy atom. The van der Waals surface area contributed by atoms with Crippen LogP contribution in [-0.4, -0.2) is 41.8 Å². The zero-order chi connectivity index (χ0) is 14.4. The fraction of sp³-hybridized carbons (Fsp3) is 0.533. The highest BCUT2D eigenvalue weighted by atomic mass is 35.5. The molecule has 2 heterocycles. The summed E-state index contributed by atoms with van der Waals surface area (Å²) < 4.78 is 0. The van der Waals surface area contributed by atoms with E-state index in [9.17, 15) is 9.90 Å². The monoisotopic (exact) mass is 294 g/mol. The van der Waals surface area contributed by atoms with Crippen LogP contribution in [0.5, 0.6) is 0 Å². The topological polar surface area (TPSA) is 43.8 Å². The lowest BCUT2D eigenvalue weighted by Gasteiger charge is -2.27. The normalized spacial score (nSPS) is 21.1. The van der Waals surface area contributed by atoms with Crippen LogP contribution in [-0.2, 0) is 6.42 Å². The number of anilines is 1. The average Bonchev–Trinajstić information content (AvgIpc) is 2.67. The van der Waals surface area contributed by atoms with Crippen molar-refractivity contribution in [1.82, 2.24) is 4.90 Å². The minimum atomic E-state index is -0.826. The molecule has 1 aromatic rings. The molecule has 0 saturated carbocycles. The standard InChI is InChI=1S/C15H19ClN2O2/c1-9(2)18-8-11-7-17(15(19)20)6-5-10-3-4-12(16)14(18)13(10)11/h3-4,9,11H,5-8H2,1-2H3,(H,19,20)/t11-/m0/s1. The molecule has 1 atom stereocenters. The van der Waals surface area contributed by atoms with Crippen LogP contribution in [0.4, 0.5) is 10.5 Å². The Bertz CT molecular complexity index is 559. The van der Waals surface area contributed by atoms with Crippen LogP contribution in [0.3, 0.4) is 0 Å². The van der Waals surface area contributed by atoms with Crippen molar-refractivity contribution >= 4 is 23.4 Å². The predicted molar refractivity (Wildman–Crippen MR) is 80.0 cm³/mol. The van der Waals surface area contributed by atoms with E-state index in [-0.39, 0.29) is 5.92 Å². The molecule has 0 bridgehead atoms. The van der Waals surface area contributed by atoms with Crippen LogP contribution < -0.4 is 4.90 Å². The van der Waals surface area contributed by atoms with Crippen LogP contribution in [0.1, 0.15) is 30.9 Å². The smallest absolute Gasteiger partial charge is 0.407 e. The number of hydrogen-bond acceptors (Lipinski definition) is 2. The summed E-state index contributed by atoms with van der Waals surface area (Å²) in [6, 6.07) is 4.37. The summed E-state index contributed by atoms with van der Waals surface area (Å²) in [5.41, 5.74) is 3.65. The van der Waals surface area contributed by atoms with Gasteiger partial charge in [0.1, 0.15) is 0 Å². The van der Waals surface area contributed by atoms with Crippen molar-refractivity contribution in [2.45, 2.75) is 32.2 Å². The maximum Gasteiger partial charge on any atom is 0.407 e. The summed E-state index contributed by atoms with van der Waals surface area (Å²) >= 11 is 6.41. The molecular formula is C15H19ClN2O2. The van der Waals surface area contributed by atoms with Crippen molar-refractivity contribution in [3.63, 3.8) is 0 Å². The molecule has 1 amide bonds. The summed E-state index contributed by atoms with van der Waals surface area (Å²) in [4.78, 5) is 15.1. The van der Waals surface area contributed by atoms with E-state index >= 15 is 0 Å². The number of rotatable bonds is 1. The molecule has 2 aliphatic rings. The molecule has 0 unspecified atom stereocenters. The zero-order valence-electron chi connectivity index (χ0n) is 11.8. The van der Waals surface area contributed by atoms with Crippen molar-refractivity contribution in [2.75, 3.05) is 24.5 Å². The Balaban J connectivity index is 2.08. The molecule has 1 aromatic carbocycles. The first-order valence-corrected chi connectivity index (χ1v) is 7.42. The molecule has 2 aliphatic heterocycles. The van der Waals surface area contributed by atoms with Gasteiger partial charge in [0.2, 0.25) is 0 Å². The van der Waals surface area contributed by atoms with E-state index in [1.54, 1.807) is 0 Å². The molecule has 20 heavy (non-hydrogen) atoms. The Morgan fingerprint density at radius 1 is 1.40 bits per heavy atom. The molecular weight excluding hydrogens is 276 g/mol. The highest BCUT2D eigenvalue weighted by molar-refractivity contribution is 6.33. The molecule has 1 N–H and O–H groups in total. The highest BCUT2D eigenvalue weighted by Gasteiger charge is 2.37. The largest absolute Gasteiger partial charge is 0.465 e. The highest BCUT2D eigenvalue weighted by Crippen LogP contribution is 2.45. The Morgan fingerprint density at radius 2 is 2.15 bits per heavy atom. The Hall–Kier alpha value is -1.42. The lowest BCUT2D eigenvalue weighted by Crippen LogP contribution is -2.36. The summed E-state index contributed by atoms with van der Waals surface area (Å²) in [5.74, 6) is 0.236. The minimum absolute atomic E-state index is 0.236. The third-order valence-electron chi connectivity index (χ3n) is 4.36. The summed E-state index contributed by atoms with van der Waals surface area (Å²) in [6.45, 7) is 6.29. The number of halogens is 1. The number of amides is 1. The number of carbonyl (C=O) groups is 1. The van der Waals surface area contributed by atoms with Gasteiger partial charge in [0.25, 0.3) is 0 Å². The third kappa shape index (κ3) is 2.03. The molecule has 0 fully saturated rings. The van der Waals surface area contributed by atoms with Gasteiger partial charge >= 0.3 is 6.09 Å². The SMILES string of the molecule is CC(C)N1C[C@@H]2CN(C(=O)O)CCc3ccc(Cl)c1c32. The second-order valence-electron chi connectivity index (χ2n) is 5.89. The van der Waals surface area contributed by atoms with Gasteiger partial charge in [0.05, 0.1) is 10.7 Å². The fourth-order valence-electron chi connectivity index (χ4n) is 3.41. The van der Waals surface area contributed by atoms with E-state index in [0.29, 0.717) is 19.1 Å². The molecule has 0 aliphatic carbocycles. The third-order valence-corrected chi connectivity index (χ3v) is 4.66. The van der Waals surface area contributed by atoms with Crippen molar-refractivity contribution in [2.24, 2.45) is 0 Å². The summed E-state index contributed by atoms with van der Waals surface area (Å²) in [7, 11) is 0. The van der Waals surface area contributed by atoms with Crippen LogP contribution in [0.15, 0.2) is 12.1 Å². The second-order valence-corrected chi connectivity index (χ2v) is 6.30. The van der Waals surface area contributed by atoms with Gasteiger partial charge in [-0.15, -0.1) is 0 Å². The zero-order valence-corrected chi connectivity index (χ0v) is 12.5. The van der Waals surface area contributed by atoms with E-state index in [2.05, 4.69) is 24.8 Å². The lowest BCUT2D eigenvalue weighted by atomic mass is 9.95. The number of hydrogen-bond donors (Lipinski definition) is 1. The molecule has 0 radical (unpaired) electrons. The minimum Gasteiger partial charge on any atom is -0.465 e. The van der Waals surface area contributed by atoms with Crippen LogP contribution in [0, 0.1) is 0 Å². The number of carboxylic acid groups (broad SMARTS) is 1. The van der Waals surface area contributed by atoms with Gasteiger partial charge < -0.3 is 14.9 Å². The van der Waals surface area contributed by atoms with Crippen LogP contribution in [0.2, 0.25) is 5.02 Å². The second kappa shape index (κ2) is 4.85. The van der Waals surface area contributed by atoms with Crippen molar-refractivity contribution in [3.05, 3.63) is 28.3 Å². The van der Waals surface area contributed by atoms with Crippen LogP contribution in [0.25, 0.3) is 0 Å². The quantitative estimate of drug-likeness (QED) is 0.865.